The third-order valence-corrected chi connectivity index (χ3v) is 4.66. The summed E-state index contributed by atoms with van der Waals surface area (Å²) in [5.74, 6) is -0.880. The number of amides is 3. The minimum atomic E-state index is -0.355. The predicted octanol–water partition coefficient (Wildman–Crippen LogP) is 2.25. The first-order valence-corrected chi connectivity index (χ1v) is 7.88. The molecular formula is C17H20N2O4. The standard InChI is InChI=1S/C17H20N2O4/c1-18(23-2)15(20)11-8-9-13-14(10-11)17(22)19(16(13)21)12-6-4-3-5-7-12/h8-10,12H,3-7H2,1-2H3. The molecule has 2 aliphatic rings. The first kappa shape index (κ1) is 15.7. The summed E-state index contributed by atoms with van der Waals surface area (Å²) in [4.78, 5) is 43.6. The Labute approximate surface area is 135 Å². The fourth-order valence-electron chi connectivity index (χ4n) is 3.33. The first-order valence-electron chi connectivity index (χ1n) is 7.88. The van der Waals surface area contributed by atoms with Crippen molar-refractivity contribution in [3.05, 3.63) is 34.9 Å². The molecule has 1 aromatic carbocycles. The average molecular weight is 316 g/mol. The lowest BCUT2D eigenvalue weighted by molar-refractivity contribution is -0.0757. The Balaban J connectivity index is 1.91. The lowest BCUT2D eigenvalue weighted by atomic mass is 9.94. The van der Waals surface area contributed by atoms with Crippen LogP contribution in [0.15, 0.2) is 18.2 Å². The molecule has 0 spiro atoms. The summed E-state index contributed by atoms with van der Waals surface area (Å²) in [7, 11) is 2.89. The Bertz CT molecular complexity index is 665. The molecule has 23 heavy (non-hydrogen) atoms. The van der Waals surface area contributed by atoms with Crippen molar-refractivity contribution >= 4 is 17.7 Å². The van der Waals surface area contributed by atoms with E-state index in [2.05, 4.69) is 0 Å². The van der Waals surface area contributed by atoms with Gasteiger partial charge in [-0.05, 0) is 31.0 Å². The zero-order chi connectivity index (χ0) is 16.6. The van der Waals surface area contributed by atoms with Crippen molar-refractivity contribution < 1.29 is 19.2 Å². The fourth-order valence-corrected chi connectivity index (χ4v) is 3.33. The maximum Gasteiger partial charge on any atom is 0.277 e. The van der Waals surface area contributed by atoms with Crippen molar-refractivity contribution in [2.24, 2.45) is 0 Å². The predicted molar refractivity (Wildman–Crippen MR) is 82.9 cm³/mol. The molecule has 1 aliphatic carbocycles. The maximum absolute atomic E-state index is 12.7. The molecule has 1 fully saturated rings. The van der Waals surface area contributed by atoms with Crippen molar-refractivity contribution in [2.45, 2.75) is 38.1 Å². The minimum absolute atomic E-state index is 0.0167. The summed E-state index contributed by atoms with van der Waals surface area (Å²) in [5, 5.41) is 1.09. The zero-order valence-electron chi connectivity index (χ0n) is 13.4. The van der Waals surface area contributed by atoms with E-state index in [1.165, 1.54) is 25.1 Å². The highest BCUT2D eigenvalue weighted by molar-refractivity contribution is 6.22. The van der Waals surface area contributed by atoms with Gasteiger partial charge in [0.15, 0.2) is 0 Å². The molecule has 0 saturated heterocycles. The first-order chi connectivity index (χ1) is 11.0. The van der Waals surface area contributed by atoms with Crippen LogP contribution in [0.5, 0.6) is 0 Å². The second-order valence-corrected chi connectivity index (χ2v) is 6.02. The quantitative estimate of drug-likeness (QED) is 0.633. The van der Waals surface area contributed by atoms with Gasteiger partial charge < -0.3 is 0 Å². The van der Waals surface area contributed by atoms with Gasteiger partial charge in [0.05, 0.1) is 18.2 Å². The van der Waals surface area contributed by atoms with Crippen molar-refractivity contribution in [3.63, 3.8) is 0 Å². The van der Waals surface area contributed by atoms with Gasteiger partial charge >= 0.3 is 0 Å². The molecule has 1 aromatic rings. The third kappa shape index (κ3) is 2.63. The van der Waals surface area contributed by atoms with Gasteiger partial charge in [0.25, 0.3) is 17.7 Å². The summed E-state index contributed by atoms with van der Waals surface area (Å²) in [6, 6.07) is 4.61. The average Bonchev–Trinajstić information content (AvgIpc) is 2.84. The summed E-state index contributed by atoms with van der Waals surface area (Å²) < 4.78 is 0. The highest BCUT2D eigenvalue weighted by Gasteiger charge is 2.40. The van der Waals surface area contributed by atoms with Gasteiger partial charge in [-0.3, -0.25) is 24.1 Å². The van der Waals surface area contributed by atoms with Crippen molar-refractivity contribution in [3.8, 4) is 0 Å². The van der Waals surface area contributed by atoms with Gasteiger partial charge in [-0.15, -0.1) is 0 Å². The number of hydrogen-bond donors (Lipinski definition) is 0. The lowest BCUT2D eigenvalue weighted by Gasteiger charge is -2.29. The lowest BCUT2D eigenvalue weighted by Crippen LogP contribution is -2.40. The third-order valence-electron chi connectivity index (χ3n) is 4.66. The van der Waals surface area contributed by atoms with Crippen LogP contribution >= 0.6 is 0 Å². The Kier molecular flexibility index (Phi) is 4.17. The van der Waals surface area contributed by atoms with Crippen molar-refractivity contribution in [2.75, 3.05) is 14.2 Å². The summed E-state index contributed by atoms with van der Waals surface area (Å²) >= 11 is 0. The van der Waals surface area contributed by atoms with E-state index in [0.29, 0.717) is 16.7 Å². The molecule has 0 atom stereocenters. The van der Waals surface area contributed by atoms with Gasteiger partial charge in [0.2, 0.25) is 0 Å². The number of hydroxylamine groups is 2. The summed E-state index contributed by atoms with van der Waals surface area (Å²) in [6.45, 7) is 0. The monoisotopic (exact) mass is 316 g/mol. The molecule has 3 amide bonds. The number of fused-ring (bicyclic) bond motifs is 1. The highest BCUT2D eigenvalue weighted by atomic mass is 16.7. The molecule has 0 aromatic heterocycles. The van der Waals surface area contributed by atoms with E-state index < -0.39 is 0 Å². The topological polar surface area (TPSA) is 66.9 Å². The number of nitrogens with zero attached hydrogens (tertiary/aromatic N) is 2. The number of rotatable bonds is 3. The van der Waals surface area contributed by atoms with Gasteiger partial charge in [-0.2, -0.15) is 0 Å². The molecule has 1 aliphatic heterocycles. The van der Waals surface area contributed by atoms with Crippen LogP contribution in [0.2, 0.25) is 0 Å². The van der Waals surface area contributed by atoms with Crippen LogP contribution in [-0.4, -0.2) is 47.9 Å². The molecule has 0 unspecified atom stereocenters. The van der Waals surface area contributed by atoms with Crippen molar-refractivity contribution in [1.29, 1.82) is 0 Å². The van der Waals surface area contributed by atoms with E-state index >= 15 is 0 Å². The van der Waals surface area contributed by atoms with Crippen LogP contribution in [0.1, 0.15) is 63.2 Å². The number of hydrogen-bond acceptors (Lipinski definition) is 4. The van der Waals surface area contributed by atoms with E-state index in [1.807, 2.05) is 0 Å². The molecule has 0 bridgehead atoms. The second-order valence-electron chi connectivity index (χ2n) is 6.02. The highest BCUT2D eigenvalue weighted by Crippen LogP contribution is 2.31. The van der Waals surface area contributed by atoms with Crippen LogP contribution in [0, 0.1) is 0 Å². The molecule has 1 saturated carbocycles. The van der Waals surface area contributed by atoms with Gasteiger partial charge in [0, 0.05) is 18.7 Å². The van der Waals surface area contributed by atoms with Crippen LogP contribution in [-0.2, 0) is 4.84 Å². The smallest absolute Gasteiger partial charge is 0.274 e. The minimum Gasteiger partial charge on any atom is -0.274 e. The SMILES string of the molecule is CON(C)C(=O)c1ccc2c(c1)C(=O)N(C1CCCCC1)C2=O. The number of carbonyl (C=O) groups excluding carboxylic acids is 3. The molecule has 3 rings (SSSR count). The molecule has 6 nitrogen and oxygen atoms in total. The number of carbonyl (C=O) groups is 3. The molecular weight excluding hydrogens is 296 g/mol. The number of imide groups is 1. The maximum atomic E-state index is 12.7. The van der Waals surface area contributed by atoms with Crippen molar-refractivity contribution in [1.82, 2.24) is 9.96 Å². The molecule has 1 heterocycles. The molecule has 6 heteroatoms. The normalized spacial score (nSPS) is 18.3. The van der Waals surface area contributed by atoms with E-state index in [1.54, 1.807) is 12.1 Å². The Morgan fingerprint density at radius 3 is 2.43 bits per heavy atom. The van der Waals surface area contributed by atoms with Gasteiger partial charge in [-0.25, -0.2) is 5.06 Å². The molecule has 0 radical (unpaired) electrons. The largest absolute Gasteiger partial charge is 0.277 e. The van der Waals surface area contributed by atoms with Crippen LogP contribution in [0.3, 0.4) is 0 Å². The number of benzene rings is 1. The van der Waals surface area contributed by atoms with Crippen LogP contribution < -0.4 is 0 Å². The van der Waals surface area contributed by atoms with Gasteiger partial charge in [-0.1, -0.05) is 19.3 Å². The summed E-state index contributed by atoms with van der Waals surface area (Å²) in [6.07, 6.45) is 4.97. The Hall–Kier alpha value is -2.21. The summed E-state index contributed by atoms with van der Waals surface area (Å²) in [5.41, 5.74) is 1.04. The molecule has 0 N–H and O–H groups in total. The van der Waals surface area contributed by atoms with E-state index in [9.17, 15) is 14.4 Å². The Morgan fingerprint density at radius 2 is 1.78 bits per heavy atom. The van der Waals surface area contributed by atoms with E-state index in [0.717, 1.165) is 37.2 Å². The van der Waals surface area contributed by atoms with E-state index in [4.69, 9.17) is 4.84 Å². The molecule has 122 valence electrons. The fraction of sp³-hybridized carbons (Fsp3) is 0.471. The second kappa shape index (κ2) is 6.12. The zero-order valence-corrected chi connectivity index (χ0v) is 13.4. The van der Waals surface area contributed by atoms with Gasteiger partial charge in [0.1, 0.15) is 0 Å². The van der Waals surface area contributed by atoms with Crippen LogP contribution in [0.4, 0.5) is 0 Å². The van der Waals surface area contributed by atoms with E-state index in [-0.39, 0.29) is 23.8 Å². The Morgan fingerprint density at radius 1 is 1.13 bits per heavy atom. The van der Waals surface area contributed by atoms with Crippen LogP contribution in [0.25, 0.3) is 0 Å².